The van der Waals surface area contributed by atoms with E-state index in [0.717, 1.165) is 48.8 Å². The van der Waals surface area contributed by atoms with E-state index in [1.165, 1.54) is 12.1 Å². The maximum atomic E-state index is 13.5. The van der Waals surface area contributed by atoms with Crippen molar-refractivity contribution >= 4 is 32.6 Å². The number of rotatable bonds is 5. The first kappa shape index (κ1) is 22.6. The van der Waals surface area contributed by atoms with Crippen LogP contribution in [0.1, 0.15) is 36.0 Å². The van der Waals surface area contributed by atoms with Crippen LogP contribution in [0.25, 0.3) is 11.0 Å². The monoisotopic (exact) mass is 480 g/mol. The van der Waals surface area contributed by atoms with Gasteiger partial charge in [0.1, 0.15) is 11.6 Å². The number of fused-ring (bicyclic) bond motifs is 1. The minimum atomic E-state index is -3.45. The van der Waals surface area contributed by atoms with Gasteiger partial charge in [-0.15, -0.1) is 0 Å². The predicted molar refractivity (Wildman–Crippen MR) is 130 cm³/mol. The van der Waals surface area contributed by atoms with Crippen LogP contribution in [-0.2, 0) is 9.84 Å². The van der Waals surface area contributed by atoms with Gasteiger partial charge in [-0.25, -0.2) is 13.4 Å². The van der Waals surface area contributed by atoms with Gasteiger partial charge in [0.2, 0.25) is 0 Å². The molecule has 9 heteroatoms. The second-order valence-corrected chi connectivity index (χ2v) is 11.0. The van der Waals surface area contributed by atoms with Crippen molar-refractivity contribution in [2.45, 2.75) is 36.7 Å². The highest BCUT2D eigenvalue weighted by molar-refractivity contribution is 7.90. The maximum absolute atomic E-state index is 13.5. The molecule has 5 rings (SSSR count). The van der Waals surface area contributed by atoms with Crippen molar-refractivity contribution < 1.29 is 17.9 Å². The summed E-state index contributed by atoms with van der Waals surface area (Å²) < 4.78 is 30.4. The Morgan fingerprint density at radius 3 is 2.41 bits per heavy atom. The second kappa shape index (κ2) is 9.21. The van der Waals surface area contributed by atoms with E-state index in [1.54, 1.807) is 17.2 Å². The first-order valence-electron chi connectivity index (χ1n) is 11.7. The number of carbonyl (C=O) groups excluding carboxylic acids is 1. The van der Waals surface area contributed by atoms with E-state index < -0.39 is 9.84 Å². The fraction of sp³-hybridized carbons (Fsp3) is 0.400. The molecule has 1 aliphatic carbocycles. The molecule has 0 N–H and O–H groups in total. The number of aromatic nitrogens is 2. The Balaban J connectivity index is 1.34. The average molecular weight is 481 g/mol. The van der Waals surface area contributed by atoms with Gasteiger partial charge in [-0.3, -0.25) is 9.78 Å². The lowest BCUT2D eigenvalue weighted by Crippen LogP contribution is -2.49. The molecule has 3 aromatic rings. The number of anilines is 1. The quantitative estimate of drug-likeness (QED) is 0.553. The zero-order valence-electron chi connectivity index (χ0n) is 19.2. The van der Waals surface area contributed by atoms with E-state index in [-0.39, 0.29) is 16.9 Å². The third-order valence-corrected chi connectivity index (χ3v) is 7.64. The van der Waals surface area contributed by atoms with Gasteiger partial charge in [0.15, 0.2) is 9.84 Å². The lowest BCUT2D eigenvalue weighted by molar-refractivity contribution is 0.0738. The Morgan fingerprint density at radius 1 is 1.00 bits per heavy atom. The van der Waals surface area contributed by atoms with Gasteiger partial charge in [-0.2, -0.15) is 0 Å². The summed E-state index contributed by atoms with van der Waals surface area (Å²) in [6.45, 7) is 2.23. The normalized spacial score (nSPS) is 17.3. The van der Waals surface area contributed by atoms with Crippen LogP contribution in [0.5, 0.6) is 5.75 Å². The van der Waals surface area contributed by atoms with E-state index in [2.05, 4.69) is 9.88 Å². The van der Waals surface area contributed by atoms with Crippen molar-refractivity contribution in [3.8, 4) is 5.75 Å². The molecule has 1 saturated heterocycles. The topological polar surface area (TPSA) is 92.7 Å². The largest absolute Gasteiger partial charge is 0.490 e. The van der Waals surface area contributed by atoms with Gasteiger partial charge in [0.25, 0.3) is 5.91 Å². The number of ether oxygens (including phenoxy) is 1. The Kier molecular flexibility index (Phi) is 6.12. The average Bonchev–Trinajstić information content (AvgIpc) is 3.36. The van der Waals surface area contributed by atoms with Gasteiger partial charge in [-0.05, 0) is 56.0 Å². The molecule has 0 unspecified atom stereocenters. The molecular formula is C25H28N4O4S. The molecule has 0 bridgehead atoms. The van der Waals surface area contributed by atoms with E-state index >= 15 is 0 Å². The highest BCUT2D eigenvalue weighted by Crippen LogP contribution is 2.30. The van der Waals surface area contributed by atoms with Crippen molar-refractivity contribution in [1.82, 2.24) is 14.9 Å². The summed E-state index contributed by atoms with van der Waals surface area (Å²) in [5.41, 5.74) is 2.00. The summed E-state index contributed by atoms with van der Waals surface area (Å²) in [7, 11) is -3.45. The van der Waals surface area contributed by atoms with Crippen LogP contribution in [-0.4, -0.2) is 67.7 Å². The Bertz CT molecular complexity index is 1310. The number of carbonyl (C=O) groups is 1. The van der Waals surface area contributed by atoms with E-state index in [9.17, 15) is 13.2 Å². The number of sulfone groups is 1. The molecule has 2 aliphatic rings. The standard InChI is InChI=1S/C25H28N4O4S/c1-34(31,32)19-10-11-23(33-18-6-2-3-7-18)20(16-19)25(30)29-14-12-28(13-15-29)24-17-26-21-8-4-5-9-22(21)27-24/h4-5,8-11,16-18H,2-3,6-7,12-15H2,1H3. The first-order chi connectivity index (χ1) is 16.4. The van der Waals surface area contributed by atoms with Crippen LogP contribution in [0.2, 0.25) is 0 Å². The van der Waals surface area contributed by atoms with Crippen LogP contribution >= 0.6 is 0 Å². The van der Waals surface area contributed by atoms with E-state index in [4.69, 9.17) is 9.72 Å². The van der Waals surface area contributed by atoms with Crippen molar-refractivity contribution in [1.29, 1.82) is 0 Å². The molecule has 1 aromatic heterocycles. The molecule has 1 aliphatic heterocycles. The van der Waals surface area contributed by atoms with Crippen molar-refractivity contribution in [3.63, 3.8) is 0 Å². The molecule has 0 atom stereocenters. The van der Waals surface area contributed by atoms with Crippen molar-refractivity contribution in [2.24, 2.45) is 0 Å². The predicted octanol–water partition coefficient (Wildman–Crippen LogP) is 3.32. The van der Waals surface area contributed by atoms with Crippen LogP contribution in [0.3, 0.4) is 0 Å². The molecule has 1 amide bonds. The maximum Gasteiger partial charge on any atom is 0.257 e. The SMILES string of the molecule is CS(=O)(=O)c1ccc(OC2CCCC2)c(C(=O)N2CCN(c3cnc4ccccc4n3)CC2)c1. The summed E-state index contributed by atoms with van der Waals surface area (Å²) in [6, 6.07) is 12.3. The molecule has 0 spiro atoms. The first-order valence-corrected chi connectivity index (χ1v) is 13.5. The number of para-hydroxylation sites is 2. The number of hydrogen-bond acceptors (Lipinski definition) is 7. The van der Waals surface area contributed by atoms with Gasteiger partial charge >= 0.3 is 0 Å². The smallest absolute Gasteiger partial charge is 0.257 e. The minimum Gasteiger partial charge on any atom is -0.490 e. The number of benzene rings is 2. The van der Waals surface area contributed by atoms with E-state index in [1.807, 2.05) is 24.3 Å². The van der Waals surface area contributed by atoms with Crippen LogP contribution in [0.15, 0.2) is 53.6 Å². The van der Waals surface area contributed by atoms with Gasteiger partial charge in [0, 0.05) is 32.4 Å². The van der Waals surface area contributed by atoms with Crippen LogP contribution in [0.4, 0.5) is 5.82 Å². The number of nitrogens with zero attached hydrogens (tertiary/aromatic N) is 4. The highest BCUT2D eigenvalue weighted by Gasteiger charge is 2.28. The highest BCUT2D eigenvalue weighted by atomic mass is 32.2. The molecule has 2 heterocycles. The Hall–Kier alpha value is -3.20. The minimum absolute atomic E-state index is 0.0685. The van der Waals surface area contributed by atoms with Crippen LogP contribution in [0, 0.1) is 0 Å². The van der Waals surface area contributed by atoms with Crippen LogP contribution < -0.4 is 9.64 Å². The third kappa shape index (κ3) is 4.70. The summed E-state index contributed by atoms with van der Waals surface area (Å²) in [4.78, 5) is 26.7. The molecule has 178 valence electrons. The second-order valence-electron chi connectivity index (χ2n) is 8.95. The zero-order valence-corrected chi connectivity index (χ0v) is 20.0. The molecular weight excluding hydrogens is 452 g/mol. The molecule has 1 saturated carbocycles. The summed E-state index contributed by atoms with van der Waals surface area (Å²) >= 11 is 0. The van der Waals surface area contributed by atoms with Gasteiger partial charge in [0.05, 0.1) is 33.8 Å². The molecule has 2 aromatic carbocycles. The summed E-state index contributed by atoms with van der Waals surface area (Å²) in [6.07, 6.45) is 7.10. The van der Waals surface area contributed by atoms with Crippen molar-refractivity contribution in [3.05, 3.63) is 54.2 Å². The summed E-state index contributed by atoms with van der Waals surface area (Å²) in [5, 5.41) is 0. The lowest BCUT2D eigenvalue weighted by Gasteiger charge is -2.35. The fourth-order valence-corrected chi connectivity index (χ4v) is 5.25. The number of piperazine rings is 1. The molecule has 2 fully saturated rings. The Morgan fingerprint density at radius 2 is 1.71 bits per heavy atom. The lowest BCUT2D eigenvalue weighted by atomic mass is 10.1. The molecule has 34 heavy (non-hydrogen) atoms. The number of hydrogen-bond donors (Lipinski definition) is 0. The molecule has 8 nitrogen and oxygen atoms in total. The van der Waals surface area contributed by atoms with Gasteiger partial charge in [-0.1, -0.05) is 12.1 Å². The third-order valence-electron chi connectivity index (χ3n) is 6.53. The Labute approximate surface area is 199 Å². The van der Waals surface area contributed by atoms with Crippen molar-refractivity contribution in [2.75, 3.05) is 37.3 Å². The fourth-order valence-electron chi connectivity index (χ4n) is 4.60. The molecule has 0 radical (unpaired) electrons. The number of amides is 1. The zero-order chi connectivity index (χ0) is 23.7. The van der Waals surface area contributed by atoms with E-state index in [0.29, 0.717) is 37.5 Å². The summed E-state index contributed by atoms with van der Waals surface area (Å²) in [5.74, 6) is 1.05. The van der Waals surface area contributed by atoms with Gasteiger partial charge < -0.3 is 14.5 Å².